The molecule has 0 aliphatic carbocycles. The van der Waals surface area contributed by atoms with Gasteiger partial charge in [-0.3, -0.25) is 9.59 Å². The second-order valence-corrected chi connectivity index (χ2v) is 6.18. The fraction of sp³-hybridized carbons (Fsp3) is 0.263. The van der Waals surface area contributed by atoms with Gasteiger partial charge in [0.15, 0.2) is 0 Å². The fourth-order valence-electron chi connectivity index (χ4n) is 2.47. The van der Waals surface area contributed by atoms with Crippen LogP contribution in [0.5, 0.6) is 0 Å². The van der Waals surface area contributed by atoms with Crippen molar-refractivity contribution in [2.24, 2.45) is 0 Å². The minimum absolute atomic E-state index is 0.0347. The molecular weight excluding hydrogens is 324 g/mol. The zero-order valence-electron chi connectivity index (χ0n) is 13.8. The molecule has 1 N–H and O–H groups in total. The van der Waals surface area contributed by atoms with Gasteiger partial charge in [-0.25, -0.2) is 0 Å². The van der Waals surface area contributed by atoms with Gasteiger partial charge in [0, 0.05) is 25.5 Å². The van der Waals surface area contributed by atoms with E-state index in [1.807, 2.05) is 42.5 Å². The second-order valence-electron chi connectivity index (χ2n) is 5.74. The van der Waals surface area contributed by atoms with Gasteiger partial charge >= 0.3 is 0 Å². The normalized spacial score (nSPS) is 11.6. The molecule has 2 aromatic carbocycles. The summed E-state index contributed by atoms with van der Waals surface area (Å²) in [6.45, 7) is 1.98. The summed E-state index contributed by atoms with van der Waals surface area (Å²) >= 11 is 5.91. The Hall–Kier alpha value is -2.33. The summed E-state index contributed by atoms with van der Waals surface area (Å²) in [7, 11) is 1.77. The summed E-state index contributed by atoms with van der Waals surface area (Å²) in [6, 6.07) is 16.6. The zero-order valence-corrected chi connectivity index (χ0v) is 14.6. The highest BCUT2D eigenvalue weighted by Crippen LogP contribution is 2.20. The number of carbonyl (C=O) groups excluding carboxylic acids is 2. The Morgan fingerprint density at radius 3 is 2.29 bits per heavy atom. The quantitative estimate of drug-likeness (QED) is 0.871. The summed E-state index contributed by atoms with van der Waals surface area (Å²) < 4.78 is 0. The SMILES string of the molecule is CC(=O)NC(CC(=O)N(C)Cc1ccccc1)c1ccc(Cl)cc1. The van der Waals surface area contributed by atoms with E-state index in [2.05, 4.69) is 5.32 Å². The second kappa shape index (κ2) is 8.50. The molecule has 2 rings (SSSR count). The Morgan fingerprint density at radius 2 is 1.71 bits per heavy atom. The summed E-state index contributed by atoms with van der Waals surface area (Å²) in [5, 5.41) is 3.45. The monoisotopic (exact) mass is 344 g/mol. The first kappa shape index (κ1) is 18.0. The lowest BCUT2D eigenvalue weighted by Crippen LogP contribution is -2.33. The summed E-state index contributed by atoms with van der Waals surface area (Å²) in [4.78, 5) is 25.7. The van der Waals surface area contributed by atoms with Crippen molar-refractivity contribution in [1.29, 1.82) is 0 Å². The predicted octanol–water partition coefficient (Wildman–Crippen LogP) is 3.57. The molecule has 0 fully saturated rings. The van der Waals surface area contributed by atoms with Gasteiger partial charge in [-0.15, -0.1) is 0 Å². The number of carbonyl (C=O) groups is 2. The van der Waals surface area contributed by atoms with E-state index >= 15 is 0 Å². The van der Waals surface area contributed by atoms with Crippen molar-refractivity contribution in [3.63, 3.8) is 0 Å². The maximum atomic E-state index is 12.5. The highest BCUT2D eigenvalue weighted by atomic mass is 35.5. The fourth-order valence-corrected chi connectivity index (χ4v) is 2.59. The minimum Gasteiger partial charge on any atom is -0.349 e. The molecule has 5 heteroatoms. The molecule has 0 bridgehead atoms. The molecule has 2 aromatic rings. The van der Waals surface area contributed by atoms with Crippen LogP contribution in [0.25, 0.3) is 0 Å². The highest BCUT2D eigenvalue weighted by molar-refractivity contribution is 6.30. The highest BCUT2D eigenvalue weighted by Gasteiger charge is 2.19. The zero-order chi connectivity index (χ0) is 17.5. The number of nitrogens with one attached hydrogen (secondary N) is 1. The topological polar surface area (TPSA) is 49.4 Å². The van der Waals surface area contributed by atoms with Crippen LogP contribution in [0.2, 0.25) is 5.02 Å². The van der Waals surface area contributed by atoms with Crippen LogP contribution in [-0.4, -0.2) is 23.8 Å². The standard InChI is InChI=1S/C19H21ClN2O2/c1-14(23)21-18(16-8-10-17(20)11-9-16)12-19(24)22(2)13-15-6-4-3-5-7-15/h3-11,18H,12-13H2,1-2H3,(H,21,23). The molecule has 126 valence electrons. The third kappa shape index (κ3) is 5.39. The number of benzene rings is 2. The van der Waals surface area contributed by atoms with E-state index in [1.54, 1.807) is 24.1 Å². The predicted molar refractivity (Wildman–Crippen MR) is 95.5 cm³/mol. The molecule has 0 aromatic heterocycles. The van der Waals surface area contributed by atoms with Crippen LogP contribution in [0.1, 0.15) is 30.5 Å². The molecule has 0 aliphatic heterocycles. The van der Waals surface area contributed by atoms with E-state index < -0.39 is 0 Å². The largest absolute Gasteiger partial charge is 0.349 e. The molecular formula is C19H21ClN2O2. The number of amides is 2. The molecule has 0 heterocycles. The molecule has 4 nitrogen and oxygen atoms in total. The molecule has 24 heavy (non-hydrogen) atoms. The van der Waals surface area contributed by atoms with Crippen LogP contribution in [0.3, 0.4) is 0 Å². The van der Waals surface area contributed by atoms with Gasteiger partial charge in [0.25, 0.3) is 0 Å². The summed E-state index contributed by atoms with van der Waals surface area (Å²) in [5.74, 6) is -0.207. The summed E-state index contributed by atoms with van der Waals surface area (Å²) in [5.41, 5.74) is 1.92. The van der Waals surface area contributed by atoms with Crippen molar-refractivity contribution in [2.45, 2.75) is 25.9 Å². The van der Waals surface area contributed by atoms with Crippen LogP contribution < -0.4 is 5.32 Å². The molecule has 0 saturated heterocycles. The van der Waals surface area contributed by atoms with Crippen molar-refractivity contribution < 1.29 is 9.59 Å². The Labute approximate surface area is 147 Å². The van der Waals surface area contributed by atoms with Crippen LogP contribution in [0.15, 0.2) is 54.6 Å². The van der Waals surface area contributed by atoms with E-state index in [0.717, 1.165) is 11.1 Å². The Bertz CT molecular complexity index is 686. The first-order valence-corrected chi connectivity index (χ1v) is 8.14. The summed E-state index contributed by atoms with van der Waals surface area (Å²) in [6.07, 6.45) is 0.199. The van der Waals surface area contributed by atoms with E-state index in [1.165, 1.54) is 6.92 Å². The van der Waals surface area contributed by atoms with Gasteiger partial charge in [0.1, 0.15) is 0 Å². The van der Waals surface area contributed by atoms with Gasteiger partial charge in [-0.1, -0.05) is 54.1 Å². The van der Waals surface area contributed by atoms with Crippen LogP contribution in [0, 0.1) is 0 Å². The lowest BCUT2D eigenvalue weighted by atomic mass is 10.0. The van der Waals surface area contributed by atoms with Crippen molar-refractivity contribution in [3.05, 3.63) is 70.7 Å². The maximum Gasteiger partial charge on any atom is 0.225 e. The van der Waals surface area contributed by atoms with Crippen molar-refractivity contribution in [2.75, 3.05) is 7.05 Å². The average Bonchev–Trinajstić information content (AvgIpc) is 2.55. The number of rotatable bonds is 6. The van der Waals surface area contributed by atoms with E-state index in [0.29, 0.717) is 11.6 Å². The minimum atomic E-state index is -0.370. The van der Waals surface area contributed by atoms with Crippen molar-refractivity contribution in [3.8, 4) is 0 Å². The van der Waals surface area contributed by atoms with Gasteiger partial charge in [-0.2, -0.15) is 0 Å². The number of nitrogens with zero attached hydrogens (tertiary/aromatic N) is 1. The lowest BCUT2D eigenvalue weighted by molar-refractivity contribution is -0.131. The van der Waals surface area contributed by atoms with Gasteiger partial charge < -0.3 is 10.2 Å². The lowest BCUT2D eigenvalue weighted by Gasteiger charge is -2.23. The van der Waals surface area contributed by atoms with Crippen molar-refractivity contribution >= 4 is 23.4 Å². The van der Waals surface area contributed by atoms with E-state index in [4.69, 9.17) is 11.6 Å². The van der Waals surface area contributed by atoms with Crippen LogP contribution in [-0.2, 0) is 16.1 Å². The third-order valence-corrected chi connectivity index (χ3v) is 3.97. The molecule has 0 aliphatic rings. The Balaban J connectivity index is 2.06. The first-order chi connectivity index (χ1) is 11.5. The Morgan fingerprint density at radius 1 is 1.08 bits per heavy atom. The van der Waals surface area contributed by atoms with Gasteiger partial charge in [0.2, 0.25) is 11.8 Å². The molecule has 1 atom stereocenters. The van der Waals surface area contributed by atoms with Crippen molar-refractivity contribution in [1.82, 2.24) is 10.2 Å². The number of hydrogen-bond acceptors (Lipinski definition) is 2. The molecule has 1 unspecified atom stereocenters. The molecule has 0 saturated carbocycles. The average molecular weight is 345 g/mol. The van der Waals surface area contributed by atoms with Crippen LogP contribution in [0.4, 0.5) is 0 Å². The number of hydrogen-bond donors (Lipinski definition) is 1. The smallest absolute Gasteiger partial charge is 0.225 e. The molecule has 0 radical (unpaired) electrons. The third-order valence-electron chi connectivity index (χ3n) is 3.72. The number of halogens is 1. The molecule has 2 amide bonds. The van der Waals surface area contributed by atoms with E-state index in [-0.39, 0.29) is 24.3 Å². The van der Waals surface area contributed by atoms with Gasteiger partial charge in [0.05, 0.1) is 12.5 Å². The van der Waals surface area contributed by atoms with Crippen LogP contribution >= 0.6 is 11.6 Å². The van der Waals surface area contributed by atoms with Gasteiger partial charge in [-0.05, 0) is 23.3 Å². The Kier molecular flexibility index (Phi) is 6.38. The first-order valence-electron chi connectivity index (χ1n) is 7.76. The maximum absolute atomic E-state index is 12.5. The van der Waals surface area contributed by atoms with E-state index in [9.17, 15) is 9.59 Å². The molecule has 0 spiro atoms.